The molecule has 0 aliphatic carbocycles. The van der Waals surface area contributed by atoms with Crippen LogP contribution in [0.3, 0.4) is 0 Å². The third kappa shape index (κ3) is 3.81. The van der Waals surface area contributed by atoms with Crippen LogP contribution >= 0.6 is 11.6 Å². The molecule has 5 nitrogen and oxygen atoms in total. The van der Waals surface area contributed by atoms with Crippen LogP contribution in [0.2, 0.25) is 5.02 Å². The first-order valence-corrected chi connectivity index (χ1v) is 7.64. The topological polar surface area (TPSA) is 70.9 Å². The maximum absolute atomic E-state index is 12.1. The summed E-state index contributed by atoms with van der Waals surface area (Å²) >= 11 is 5.93. The fraction of sp³-hybridized carbons (Fsp3) is 0.176. The van der Waals surface area contributed by atoms with Crippen molar-refractivity contribution in [3.05, 3.63) is 64.5 Å². The van der Waals surface area contributed by atoms with E-state index in [-0.39, 0.29) is 5.91 Å². The summed E-state index contributed by atoms with van der Waals surface area (Å²) in [6.45, 7) is 2.38. The number of nitrogens with zero attached hydrogens (tertiary/aromatic N) is 1. The molecule has 0 unspecified atom stereocenters. The number of rotatable bonds is 5. The van der Waals surface area contributed by atoms with E-state index in [1.165, 1.54) is 0 Å². The summed E-state index contributed by atoms with van der Waals surface area (Å²) in [4.78, 5) is 12.1. The highest BCUT2D eigenvalue weighted by Gasteiger charge is 2.12. The average molecular weight is 330 g/mol. The van der Waals surface area contributed by atoms with E-state index in [1.807, 2.05) is 43.3 Å². The van der Waals surface area contributed by atoms with Gasteiger partial charge in [-0.25, -0.2) is 0 Å². The van der Waals surface area contributed by atoms with Gasteiger partial charge in [0.05, 0.1) is 0 Å². The lowest BCUT2D eigenvalue weighted by Gasteiger charge is -2.03. The largest absolute Gasteiger partial charge is 0.460 e. The highest BCUT2D eigenvalue weighted by Crippen LogP contribution is 2.20. The van der Waals surface area contributed by atoms with E-state index < -0.39 is 0 Å². The summed E-state index contributed by atoms with van der Waals surface area (Å²) in [6.07, 6.45) is 0.709. The first kappa shape index (κ1) is 15.4. The van der Waals surface area contributed by atoms with E-state index >= 15 is 0 Å². The van der Waals surface area contributed by atoms with Gasteiger partial charge >= 0.3 is 0 Å². The molecule has 0 radical (unpaired) electrons. The maximum Gasteiger partial charge on any atom is 0.271 e. The molecule has 0 atom stereocenters. The zero-order valence-electron chi connectivity index (χ0n) is 12.6. The summed E-state index contributed by atoms with van der Waals surface area (Å²) in [7, 11) is 0. The van der Waals surface area contributed by atoms with Crippen molar-refractivity contribution in [2.24, 2.45) is 0 Å². The number of nitrogens with one attached hydrogen (secondary N) is 2. The second kappa shape index (κ2) is 6.71. The highest BCUT2D eigenvalue weighted by atomic mass is 35.5. The smallest absolute Gasteiger partial charge is 0.271 e. The summed E-state index contributed by atoms with van der Waals surface area (Å²) in [5.41, 5.74) is 2.09. The number of H-pyrrole nitrogens is 1. The van der Waals surface area contributed by atoms with Crippen LogP contribution in [0.5, 0.6) is 0 Å². The lowest BCUT2D eigenvalue weighted by atomic mass is 10.1. The second-order valence-electron chi connectivity index (χ2n) is 5.21. The van der Waals surface area contributed by atoms with Crippen molar-refractivity contribution in [3.63, 3.8) is 0 Å². The molecule has 0 spiro atoms. The van der Waals surface area contributed by atoms with Crippen LogP contribution in [0.1, 0.15) is 21.8 Å². The maximum atomic E-state index is 12.1. The number of hydrogen-bond donors (Lipinski definition) is 2. The zero-order chi connectivity index (χ0) is 16.2. The molecule has 6 heteroatoms. The van der Waals surface area contributed by atoms with Crippen LogP contribution in [-0.2, 0) is 6.42 Å². The highest BCUT2D eigenvalue weighted by molar-refractivity contribution is 6.30. The Balaban J connectivity index is 1.57. The van der Waals surface area contributed by atoms with Crippen LogP contribution in [0.15, 0.2) is 46.9 Å². The molecule has 0 saturated carbocycles. The number of aryl methyl sites for hydroxylation is 1. The molecule has 3 aromatic rings. The minimum absolute atomic E-state index is 0.224. The number of furan rings is 1. The van der Waals surface area contributed by atoms with E-state index in [0.717, 1.165) is 11.3 Å². The molecule has 1 amide bonds. The van der Waals surface area contributed by atoms with Crippen LogP contribution < -0.4 is 5.32 Å². The van der Waals surface area contributed by atoms with E-state index in [0.29, 0.717) is 35.1 Å². The third-order valence-corrected chi connectivity index (χ3v) is 3.64. The first-order chi connectivity index (χ1) is 11.1. The zero-order valence-corrected chi connectivity index (χ0v) is 13.4. The third-order valence-electron chi connectivity index (χ3n) is 3.40. The van der Waals surface area contributed by atoms with Crippen molar-refractivity contribution < 1.29 is 9.21 Å². The molecule has 2 N–H and O–H groups in total. The second-order valence-corrected chi connectivity index (χ2v) is 5.65. The monoisotopic (exact) mass is 329 g/mol. The van der Waals surface area contributed by atoms with Crippen molar-refractivity contribution in [2.75, 3.05) is 6.54 Å². The normalized spacial score (nSPS) is 10.7. The molecule has 0 aliphatic rings. The molecule has 0 aliphatic heterocycles. The van der Waals surface area contributed by atoms with E-state index in [1.54, 1.807) is 6.07 Å². The Morgan fingerprint density at radius 1 is 1.30 bits per heavy atom. The summed E-state index contributed by atoms with van der Waals surface area (Å²) in [5, 5.41) is 10.4. The summed E-state index contributed by atoms with van der Waals surface area (Å²) in [5.74, 6) is 1.24. The Morgan fingerprint density at radius 2 is 2.17 bits per heavy atom. The summed E-state index contributed by atoms with van der Waals surface area (Å²) in [6, 6.07) is 13.0. The lowest BCUT2D eigenvalue weighted by molar-refractivity contribution is 0.0949. The van der Waals surface area contributed by atoms with Crippen LogP contribution in [0.25, 0.3) is 11.5 Å². The number of benzene rings is 1. The number of amides is 1. The minimum atomic E-state index is -0.224. The van der Waals surface area contributed by atoms with Gasteiger partial charge in [-0.05, 0) is 43.2 Å². The number of hydrogen-bond acceptors (Lipinski definition) is 3. The summed E-state index contributed by atoms with van der Waals surface area (Å²) < 4.78 is 5.50. The number of aromatic amines is 1. The van der Waals surface area contributed by atoms with Crippen molar-refractivity contribution >= 4 is 17.5 Å². The molecular weight excluding hydrogens is 314 g/mol. The van der Waals surface area contributed by atoms with Gasteiger partial charge in [-0.2, -0.15) is 5.10 Å². The molecule has 118 valence electrons. The number of carbonyl (C=O) groups is 1. The Bertz CT molecular complexity index is 823. The van der Waals surface area contributed by atoms with E-state index in [9.17, 15) is 4.79 Å². The number of aromatic nitrogens is 2. The Hall–Kier alpha value is -2.53. The molecule has 2 aromatic heterocycles. The fourth-order valence-electron chi connectivity index (χ4n) is 2.25. The molecule has 3 rings (SSSR count). The molecule has 0 saturated heterocycles. The van der Waals surface area contributed by atoms with Gasteiger partial charge in [0.2, 0.25) is 0 Å². The predicted molar refractivity (Wildman–Crippen MR) is 88.5 cm³/mol. The molecule has 2 heterocycles. The SMILES string of the molecule is Cc1ccc(-c2cc(C(=O)NCCc3cccc(Cl)c3)n[nH]2)o1. The van der Waals surface area contributed by atoms with Crippen molar-refractivity contribution in [3.8, 4) is 11.5 Å². The Morgan fingerprint density at radius 3 is 2.91 bits per heavy atom. The fourth-order valence-corrected chi connectivity index (χ4v) is 2.46. The van der Waals surface area contributed by atoms with Gasteiger partial charge < -0.3 is 9.73 Å². The molecular formula is C17H16ClN3O2. The van der Waals surface area contributed by atoms with Gasteiger partial charge in [-0.15, -0.1) is 0 Å². The molecule has 0 fully saturated rings. The standard InChI is InChI=1S/C17H16ClN3O2/c1-11-5-6-16(23-11)14-10-15(21-20-14)17(22)19-8-7-12-3-2-4-13(18)9-12/h2-6,9-10H,7-8H2,1H3,(H,19,22)(H,20,21). The lowest BCUT2D eigenvalue weighted by Crippen LogP contribution is -2.26. The molecule has 1 aromatic carbocycles. The van der Waals surface area contributed by atoms with Gasteiger partial charge in [-0.3, -0.25) is 9.89 Å². The van der Waals surface area contributed by atoms with Gasteiger partial charge in [0, 0.05) is 17.6 Å². The molecule has 23 heavy (non-hydrogen) atoms. The quantitative estimate of drug-likeness (QED) is 0.751. The van der Waals surface area contributed by atoms with Crippen LogP contribution in [-0.4, -0.2) is 22.6 Å². The van der Waals surface area contributed by atoms with Gasteiger partial charge in [0.1, 0.15) is 11.5 Å². The average Bonchev–Trinajstić information content (AvgIpc) is 3.16. The predicted octanol–water partition coefficient (Wildman–Crippen LogP) is 3.60. The Kier molecular flexibility index (Phi) is 4.48. The van der Waals surface area contributed by atoms with Gasteiger partial charge in [0.15, 0.2) is 11.5 Å². The van der Waals surface area contributed by atoms with Crippen molar-refractivity contribution in [1.82, 2.24) is 15.5 Å². The first-order valence-electron chi connectivity index (χ1n) is 7.27. The molecule has 0 bridgehead atoms. The van der Waals surface area contributed by atoms with Crippen molar-refractivity contribution in [1.29, 1.82) is 0 Å². The number of halogens is 1. The van der Waals surface area contributed by atoms with E-state index in [2.05, 4.69) is 15.5 Å². The van der Waals surface area contributed by atoms with Crippen LogP contribution in [0, 0.1) is 6.92 Å². The minimum Gasteiger partial charge on any atom is -0.460 e. The van der Waals surface area contributed by atoms with E-state index in [4.69, 9.17) is 16.0 Å². The Labute approximate surface area is 138 Å². The van der Waals surface area contributed by atoms with Gasteiger partial charge in [0.25, 0.3) is 5.91 Å². The van der Waals surface area contributed by atoms with Crippen molar-refractivity contribution in [2.45, 2.75) is 13.3 Å². The van der Waals surface area contributed by atoms with Crippen LogP contribution in [0.4, 0.5) is 0 Å². The number of carbonyl (C=O) groups excluding carboxylic acids is 1. The van der Waals surface area contributed by atoms with Gasteiger partial charge in [-0.1, -0.05) is 23.7 Å².